The van der Waals surface area contributed by atoms with Crippen LogP contribution in [-0.2, 0) is 4.79 Å². The molecule has 1 aliphatic rings. The molecular formula is C16H33N3O. The number of hydrogen-bond acceptors (Lipinski definition) is 3. The second-order valence-electron chi connectivity index (χ2n) is 7.03. The van der Waals surface area contributed by atoms with Crippen molar-refractivity contribution in [3.8, 4) is 0 Å². The molecule has 1 heterocycles. The first kappa shape index (κ1) is 17.4. The second-order valence-corrected chi connectivity index (χ2v) is 7.03. The first-order valence-corrected chi connectivity index (χ1v) is 8.07. The number of hydrogen-bond donors (Lipinski definition) is 1. The van der Waals surface area contributed by atoms with Gasteiger partial charge in [-0.3, -0.25) is 9.69 Å². The lowest BCUT2D eigenvalue weighted by Crippen LogP contribution is -2.43. The Kier molecular flexibility index (Phi) is 7.52. The van der Waals surface area contributed by atoms with Crippen LogP contribution in [0.4, 0.5) is 0 Å². The lowest BCUT2D eigenvalue weighted by atomic mass is 10.1. The monoisotopic (exact) mass is 283 g/mol. The maximum atomic E-state index is 12.5. The fourth-order valence-electron chi connectivity index (χ4n) is 2.96. The van der Waals surface area contributed by atoms with Gasteiger partial charge in [-0.2, -0.15) is 0 Å². The Bertz CT molecular complexity index is 281. The number of rotatable bonds is 8. The van der Waals surface area contributed by atoms with Gasteiger partial charge < -0.3 is 10.2 Å². The molecule has 0 saturated carbocycles. The van der Waals surface area contributed by atoms with Crippen LogP contribution in [0.5, 0.6) is 0 Å². The van der Waals surface area contributed by atoms with E-state index in [0.717, 1.165) is 32.7 Å². The molecule has 0 aromatic rings. The summed E-state index contributed by atoms with van der Waals surface area (Å²) in [7, 11) is 2.00. The summed E-state index contributed by atoms with van der Waals surface area (Å²) in [6.07, 6.45) is 1.21. The summed E-state index contributed by atoms with van der Waals surface area (Å²) < 4.78 is 0. The molecule has 1 amide bonds. The molecule has 0 radical (unpaired) electrons. The highest BCUT2D eigenvalue weighted by Gasteiger charge is 2.25. The molecule has 0 aromatic heterocycles. The number of nitrogens with zero attached hydrogens (tertiary/aromatic N) is 2. The van der Waals surface area contributed by atoms with Crippen molar-refractivity contribution in [3.05, 3.63) is 0 Å². The van der Waals surface area contributed by atoms with Crippen molar-refractivity contribution in [1.29, 1.82) is 0 Å². The average molecular weight is 283 g/mol. The molecule has 118 valence electrons. The molecule has 20 heavy (non-hydrogen) atoms. The summed E-state index contributed by atoms with van der Waals surface area (Å²) in [5, 5.41) is 3.24. The van der Waals surface area contributed by atoms with Crippen LogP contribution in [0.15, 0.2) is 0 Å². The van der Waals surface area contributed by atoms with E-state index in [-0.39, 0.29) is 0 Å². The molecule has 1 saturated heterocycles. The van der Waals surface area contributed by atoms with Gasteiger partial charge in [0.2, 0.25) is 5.91 Å². The molecular weight excluding hydrogens is 250 g/mol. The van der Waals surface area contributed by atoms with Crippen molar-refractivity contribution < 1.29 is 4.79 Å². The largest absolute Gasteiger partial charge is 0.341 e. The van der Waals surface area contributed by atoms with E-state index in [1.807, 2.05) is 7.05 Å². The van der Waals surface area contributed by atoms with Crippen molar-refractivity contribution in [3.63, 3.8) is 0 Å². The smallest absolute Gasteiger partial charge is 0.236 e. The molecule has 4 heteroatoms. The summed E-state index contributed by atoms with van der Waals surface area (Å²) >= 11 is 0. The number of carbonyl (C=O) groups is 1. The Morgan fingerprint density at radius 3 is 2.35 bits per heavy atom. The van der Waals surface area contributed by atoms with Gasteiger partial charge in [0.15, 0.2) is 0 Å². The summed E-state index contributed by atoms with van der Waals surface area (Å²) in [5.74, 6) is 2.08. The molecule has 0 spiro atoms. The molecule has 1 aliphatic heterocycles. The first-order chi connectivity index (χ1) is 9.42. The minimum absolute atomic E-state index is 0.303. The molecule has 1 rings (SSSR count). The van der Waals surface area contributed by atoms with E-state index in [0.29, 0.717) is 30.2 Å². The standard InChI is InChI=1S/C16H33N3O/c1-13(2)9-19(10-14(3)4)16(20)12-18-7-6-15(11-18)8-17-5/h13-15,17H,6-12H2,1-5H3. The highest BCUT2D eigenvalue weighted by molar-refractivity contribution is 5.78. The summed E-state index contributed by atoms with van der Waals surface area (Å²) in [5.41, 5.74) is 0. The summed E-state index contributed by atoms with van der Waals surface area (Å²) in [6, 6.07) is 0. The molecule has 0 bridgehead atoms. The van der Waals surface area contributed by atoms with E-state index >= 15 is 0 Å². The van der Waals surface area contributed by atoms with Gasteiger partial charge in [-0.15, -0.1) is 0 Å². The van der Waals surface area contributed by atoms with E-state index in [2.05, 4.69) is 42.8 Å². The van der Waals surface area contributed by atoms with Crippen molar-refractivity contribution >= 4 is 5.91 Å². The van der Waals surface area contributed by atoms with Gasteiger partial charge in [-0.05, 0) is 44.3 Å². The third-order valence-electron chi connectivity index (χ3n) is 3.75. The van der Waals surface area contributed by atoms with Crippen LogP contribution >= 0.6 is 0 Å². The molecule has 0 aliphatic carbocycles. The molecule has 1 fully saturated rings. The van der Waals surface area contributed by atoms with Crippen LogP contribution in [0.25, 0.3) is 0 Å². The molecule has 4 nitrogen and oxygen atoms in total. The Morgan fingerprint density at radius 1 is 1.25 bits per heavy atom. The van der Waals surface area contributed by atoms with E-state index in [1.54, 1.807) is 0 Å². The highest BCUT2D eigenvalue weighted by atomic mass is 16.2. The SMILES string of the molecule is CNCC1CCN(CC(=O)N(CC(C)C)CC(C)C)C1. The van der Waals surface area contributed by atoms with Gasteiger partial charge in [-0.25, -0.2) is 0 Å². The third-order valence-corrected chi connectivity index (χ3v) is 3.75. The molecule has 1 atom stereocenters. The zero-order valence-electron chi connectivity index (χ0n) is 14.0. The summed E-state index contributed by atoms with van der Waals surface area (Å²) in [4.78, 5) is 16.9. The van der Waals surface area contributed by atoms with Crippen LogP contribution in [0.2, 0.25) is 0 Å². The number of nitrogens with one attached hydrogen (secondary N) is 1. The van der Waals surface area contributed by atoms with Crippen molar-refractivity contribution in [1.82, 2.24) is 15.1 Å². The fourth-order valence-corrected chi connectivity index (χ4v) is 2.96. The fraction of sp³-hybridized carbons (Fsp3) is 0.938. The minimum atomic E-state index is 0.303. The van der Waals surface area contributed by atoms with E-state index in [9.17, 15) is 4.79 Å². The second kappa shape index (κ2) is 8.63. The Balaban J connectivity index is 2.45. The Morgan fingerprint density at radius 2 is 1.85 bits per heavy atom. The van der Waals surface area contributed by atoms with Gasteiger partial charge in [-0.1, -0.05) is 27.7 Å². The van der Waals surface area contributed by atoms with Crippen LogP contribution in [0.1, 0.15) is 34.1 Å². The van der Waals surface area contributed by atoms with Crippen LogP contribution < -0.4 is 5.32 Å². The average Bonchev–Trinajstić information content (AvgIpc) is 2.75. The maximum Gasteiger partial charge on any atom is 0.236 e. The van der Waals surface area contributed by atoms with Crippen molar-refractivity contribution in [2.45, 2.75) is 34.1 Å². The summed E-state index contributed by atoms with van der Waals surface area (Å²) in [6.45, 7) is 14.3. The Labute approximate surface area is 124 Å². The van der Waals surface area contributed by atoms with Crippen molar-refractivity contribution in [2.75, 3.05) is 46.3 Å². The topological polar surface area (TPSA) is 35.6 Å². The Hall–Kier alpha value is -0.610. The normalized spacial score (nSPS) is 20.1. The van der Waals surface area contributed by atoms with Crippen LogP contribution in [0, 0.1) is 17.8 Å². The van der Waals surface area contributed by atoms with Crippen LogP contribution in [-0.4, -0.2) is 62.0 Å². The molecule has 0 aromatic carbocycles. The number of carbonyl (C=O) groups excluding carboxylic acids is 1. The maximum absolute atomic E-state index is 12.5. The quantitative estimate of drug-likeness (QED) is 0.736. The van der Waals surface area contributed by atoms with Crippen LogP contribution in [0.3, 0.4) is 0 Å². The zero-order valence-corrected chi connectivity index (χ0v) is 14.0. The lowest BCUT2D eigenvalue weighted by molar-refractivity contribution is -0.133. The van der Waals surface area contributed by atoms with E-state index < -0.39 is 0 Å². The number of likely N-dealkylation sites (tertiary alicyclic amines) is 1. The van der Waals surface area contributed by atoms with Gasteiger partial charge >= 0.3 is 0 Å². The first-order valence-electron chi connectivity index (χ1n) is 8.07. The van der Waals surface area contributed by atoms with E-state index in [4.69, 9.17) is 0 Å². The highest BCUT2D eigenvalue weighted by Crippen LogP contribution is 2.15. The van der Waals surface area contributed by atoms with Gasteiger partial charge in [0.1, 0.15) is 0 Å². The van der Waals surface area contributed by atoms with Gasteiger partial charge in [0.05, 0.1) is 6.54 Å². The predicted molar refractivity (Wildman–Crippen MR) is 84.7 cm³/mol. The third kappa shape index (κ3) is 6.23. The minimum Gasteiger partial charge on any atom is -0.341 e. The number of amides is 1. The molecule has 1 unspecified atom stereocenters. The lowest BCUT2D eigenvalue weighted by Gasteiger charge is -2.28. The zero-order chi connectivity index (χ0) is 15.1. The molecule has 1 N–H and O–H groups in total. The van der Waals surface area contributed by atoms with Crippen molar-refractivity contribution in [2.24, 2.45) is 17.8 Å². The predicted octanol–water partition coefficient (Wildman–Crippen LogP) is 1.67. The van der Waals surface area contributed by atoms with Gasteiger partial charge in [0, 0.05) is 19.6 Å². The van der Waals surface area contributed by atoms with Gasteiger partial charge in [0.25, 0.3) is 0 Å². The van der Waals surface area contributed by atoms with E-state index in [1.165, 1.54) is 6.42 Å².